The van der Waals surface area contributed by atoms with Gasteiger partial charge in [0.05, 0.1) is 25.6 Å². The largest absolute Gasteiger partial charge is 0.504 e. The fourth-order valence-corrected chi connectivity index (χ4v) is 3.58. The molecule has 1 heterocycles. The third-order valence-electron chi connectivity index (χ3n) is 3.98. The number of amides is 1. The quantitative estimate of drug-likeness (QED) is 0.252. The van der Waals surface area contributed by atoms with Crippen molar-refractivity contribution in [1.29, 1.82) is 0 Å². The lowest BCUT2D eigenvalue weighted by atomic mass is 10.2. The van der Waals surface area contributed by atoms with Gasteiger partial charge in [-0.15, -0.1) is 0 Å². The number of hydrazone groups is 1. The standard InChI is InChI=1S/C19H20N4O3S/c1-3-23-15-9-5-4-8-14(15)21-19(23)27-12-17(24)22-20-11-13-7-6-10-16(26-2)18(13)25/h4-11H,3,12H2,1-2H3,(H2,20,22,24,25)/p+1. The number of phenolic OH excluding ortho intramolecular Hbond substituents is 1. The van der Waals surface area contributed by atoms with Gasteiger partial charge in [0, 0.05) is 5.56 Å². The summed E-state index contributed by atoms with van der Waals surface area (Å²) in [6.45, 7) is 2.87. The number of carbonyl (C=O) groups is 1. The van der Waals surface area contributed by atoms with Crippen LogP contribution in [0.2, 0.25) is 0 Å². The number of phenols is 1. The topological polar surface area (TPSA) is 90.6 Å². The van der Waals surface area contributed by atoms with Gasteiger partial charge in [-0.05, 0) is 43.0 Å². The van der Waals surface area contributed by atoms with E-state index in [2.05, 4.69) is 27.0 Å². The number of benzene rings is 2. The summed E-state index contributed by atoms with van der Waals surface area (Å²) in [5, 5.41) is 14.8. The first kappa shape index (κ1) is 18.8. The Morgan fingerprint density at radius 3 is 2.93 bits per heavy atom. The molecule has 27 heavy (non-hydrogen) atoms. The van der Waals surface area contributed by atoms with Crippen molar-refractivity contribution in [1.82, 2.24) is 10.4 Å². The molecule has 7 nitrogen and oxygen atoms in total. The van der Waals surface area contributed by atoms with Crippen LogP contribution in [-0.2, 0) is 11.3 Å². The van der Waals surface area contributed by atoms with Crippen LogP contribution in [0.4, 0.5) is 0 Å². The SMILES string of the molecule is CC[n+]1c(SCC(=O)N/N=C/c2cccc(OC)c2O)[nH]c2ccccc21. The molecule has 0 bridgehead atoms. The molecule has 0 aliphatic carbocycles. The molecule has 3 N–H and O–H groups in total. The normalized spacial score (nSPS) is 11.2. The number of aromatic nitrogens is 2. The summed E-state index contributed by atoms with van der Waals surface area (Å²) in [6.07, 6.45) is 1.38. The highest BCUT2D eigenvalue weighted by Gasteiger charge is 2.18. The Morgan fingerprint density at radius 2 is 2.15 bits per heavy atom. The number of carbonyl (C=O) groups excluding carboxylic acids is 1. The number of aromatic hydroxyl groups is 1. The average molecular weight is 385 g/mol. The second-order valence-electron chi connectivity index (χ2n) is 5.67. The minimum absolute atomic E-state index is 0.0190. The minimum atomic E-state index is -0.236. The van der Waals surface area contributed by atoms with Crippen LogP contribution in [0.5, 0.6) is 11.5 Å². The summed E-state index contributed by atoms with van der Waals surface area (Å²) in [7, 11) is 1.47. The highest BCUT2D eigenvalue weighted by Crippen LogP contribution is 2.27. The molecule has 140 valence electrons. The fourth-order valence-electron chi connectivity index (χ4n) is 2.68. The van der Waals surface area contributed by atoms with Crippen molar-refractivity contribution < 1.29 is 19.2 Å². The summed E-state index contributed by atoms with van der Waals surface area (Å²) >= 11 is 1.41. The number of thioether (sulfide) groups is 1. The highest BCUT2D eigenvalue weighted by molar-refractivity contribution is 7.99. The van der Waals surface area contributed by atoms with Crippen LogP contribution in [-0.4, -0.2) is 35.1 Å². The van der Waals surface area contributed by atoms with E-state index < -0.39 is 0 Å². The maximum Gasteiger partial charge on any atom is 0.317 e. The van der Waals surface area contributed by atoms with Crippen LogP contribution < -0.4 is 14.7 Å². The van der Waals surface area contributed by atoms with Crippen molar-refractivity contribution in [3.63, 3.8) is 0 Å². The number of fused-ring (bicyclic) bond motifs is 1. The van der Waals surface area contributed by atoms with Gasteiger partial charge in [-0.2, -0.15) is 5.10 Å². The zero-order valence-corrected chi connectivity index (χ0v) is 15.9. The summed E-state index contributed by atoms with van der Waals surface area (Å²) in [4.78, 5) is 15.4. The van der Waals surface area contributed by atoms with Gasteiger partial charge in [0.25, 0.3) is 5.91 Å². The second kappa shape index (κ2) is 8.59. The van der Waals surface area contributed by atoms with Crippen molar-refractivity contribution in [3.8, 4) is 11.5 Å². The first-order chi connectivity index (χ1) is 13.1. The molecule has 8 heteroatoms. The number of rotatable bonds is 7. The number of hydrogen-bond acceptors (Lipinski definition) is 5. The number of nitrogens with zero attached hydrogens (tertiary/aromatic N) is 2. The van der Waals surface area contributed by atoms with Gasteiger partial charge in [-0.3, -0.25) is 4.79 Å². The highest BCUT2D eigenvalue weighted by atomic mass is 32.2. The molecular formula is C19H21N4O3S+. The van der Waals surface area contributed by atoms with Crippen molar-refractivity contribution in [2.75, 3.05) is 12.9 Å². The number of imidazole rings is 1. The number of aromatic amines is 1. The van der Waals surface area contributed by atoms with Gasteiger partial charge in [0.1, 0.15) is 0 Å². The van der Waals surface area contributed by atoms with E-state index in [1.807, 2.05) is 24.3 Å². The third-order valence-corrected chi connectivity index (χ3v) is 4.98. The maximum absolute atomic E-state index is 12.1. The molecule has 0 aliphatic heterocycles. The Hall–Kier alpha value is -3.00. The molecule has 0 saturated heterocycles. The van der Waals surface area contributed by atoms with Crippen LogP contribution in [0, 0.1) is 0 Å². The first-order valence-corrected chi connectivity index (χ1v) is 9.43. The Morgan fingerprint density at radius 1 is 1.33 bits per heavy atom. The molecule has 0 atom stereocenters. The molecule has 2 aromatic carbocycles. The molecular weight excluding hydrogens is 364 g/mol. The van der Waals surface area contributed by atoms with Gasteiger partial charge in [0.2, 0.25) is 0 Å². The van der Waals surface area contributed by atoms with Crippen molar-refractivity contribution >= 4 is 34.9 Å². The molecule has 3 rings (SSSR count). The number of para-hydroxylation sites is 3. The summed E-state index contributed by atoms with van der Waals surface area (Å²) in [5.41, 5.74) is 5.07. The lowest BCUT2D eigenvalue weighted by Gasteiger charge is -2.04. The van der Waals surface area contributed by atoms with Crippen LogP contribution in [0.25, 0.3) is 11.0 Å². The van der Waals surface area contributed by atoms with Crippen molar-refractivity contribution in [3.05, 3.63) is 48.0 Å². The lowest BCUT2D eigenvalue weighted by molar-refractivity contribution is -0.705. The molecule has 0 aliphatic rings. The molecule has 0 spiro atoms. The Bertz CT molecular complexity index is 984. The minimum Gasteiger partial charge on any atom is -0.504 e. The van der Waals surface area contributed by atoms with E-state index in [4.69, 9.17) is 4.74 Å². The van der Waals surface area contributed by atoms with E-state index in [1.165, 1.54) is 25.1 Å². The predicted octanol–water partition coefficient (Wildman–Crippen LogP) is 2.43. The second-order valence-corrected chi connectivity index (χ2v) is 6.64. The van der Waals surface area contributed by atoms with Gasteiger partial charge in [-0.25, -0.2) is 15.0 Å². The van der Waals surface area contributed by atoms with Crippen LogP contribution in [0.1, 0.15) is 12.5 Å². The monoisotopic (exact) mass is 385 g/mol. The molecule has 1 aromatic heterocycles. The first-order valence-electron chi connectivity index (χ1n) is 8.45. The summed E-state index contributed by atoms with van der Waals surface area (Å²) in [6, 6.07) is 13.1. The van der Waals surface area contributed by atoms with E-state index >= 15 is 0 Å². The van der Waals surface area contributed by atoms with E-state index in [-0.39, 0.29) is 17.4 Å². The predicted molar refractivity (Wildman–Crippen MR) is 105 cm³/mol. The van der Waals surface area contributed by atoms with E-state index in [0.29, 0.717) is 11.3 Å². The summed E-state index contributed by atoms with van der Waals surface area (Å²) < 4.78 is 7.17. The molecule has 0 saturated carbocycles. The number of H-pyrrole nitrogens is 1. The number of aryl methyl sites for hydroxylation is 1. The van der Waals surface area contributed by atoms with E-state index in [9.17, 15) is 9.90 Å². The number of methoxy groups -OCH3 is 1. The molecule has 1 amide bonds. The number of hydrogen-bond donors (Lipinski definition) is 3. The number of ether oxygens (including phenoxy) is 1. The van der Waals surface area contributed by atoms with Crippen molar-refractivity contribution in [2.24, 2.45) is 5.10 Å². The van der Waals surface area contributed by atoms with Crippen LogP contribution in [0.3, 0.4) is 0 Å². The third kappa shape index (κ3) is 4.22. The lowest BCUT2D eigenvalue weighted by Crippen LogP contribution is -2.34. The fraction of sp³-hybridized carbons (Fsp3) is 0.211. The van der Waals surface area contributed by atoms with Crippen molar-refractivity contribution in [2.45, 2.75) is 18.6 Å². The molecule has 0 unspecified atom stereocenters. The maximum atomic E-state index is 12.1. The van der Waals surface area contributed by atoms with E-state index in [1.54, 1.807) is 18.2 Å². The Kier molecular flexibility index (Phi) is 5.97. The molecule has 0 radical (unpaired) electrons. The van der Waals surface area contributed by atoms with E-state index in [0.717, 1.165) is 22.7 Å². The number of nitrogens with one attached hydrogen (secondary N) is 2. The average Bonchev–Trinajstić information content (AvgIpc) is 3.05. The smallest absolute Gasteiger partial charge is 0.317 e. The van der Waals surface area contributed by atoms with Crippen LogP contribution in [0.15, 0.2) is 52.7 Å². The molecule has 3 aromatic rings. The zero-order valence-electron chi connectivity index (χ0n) is 15.1. The molecule has 0 fully saturated rings. The Balaban J connectivity index is 1.61. The van der Waals surface area contributed by atoms with Gasteiger partial charge < -0.3 is 9.84 Å². The Labute approximate surface area is 161 Å². The van der Waals surface area contributed by atoms with Crippen LogP contribution >= 0.6 is 11.8 Å². The summed E-state index contributed by atoms with van der Waals surface area (Å²) in [5.74, 6) is 0.312. The zero-order chi connectivity index (χ0) is 19.2. The van der Waals surface area contributed by atoms with Gasteiger partial charge in [-0.1, -0.05) is 18.2 Å². The van der Waals surface area contributed by atoms with Gasteiger partial charge >= 0.3 is 5.16 Å². The van der Waals surface area contributed by atoms with Gasteiger partial charge in [0.15, 0.2) is 22.5 Å².